The first-order valence-electron chi connectivity index (χ1n) is 10.2. The van der Waals surface area contributed by atoms with E-state index in [0.29, 0.717) is 5.56 Å². The predicted octanol–water partition coefficient (Wildman–Crippen LogP) is 5.73. The number of carboxylic acids is 1. The van der Waals surface area contributed by atoms with Gasteiger partial charge >= 0.3 is 5.97 Å². The number of rotatable bonds is 6. The topological polar surface area (TPSA) is 55.8 Å². The molecule has 0 bridgehead atoms. The highest BCUT2D eigenvalue weighted by Gasteiger charge is 2.39. The summed E-state index contributed by atoms with van der Waals surface area (Å²) in [5.41, 5.74) is 5.17. The second-order valence-corrected chi connectivity index (χ2v) is 8.24. The Hall–Kier alpha value is -2.66. The average Bonchev–Trinajstić information content (AvgIpc) is 2.68. The zero-order valence-electron chi connectivity index (χ0n) is 17.9. The predicted molar refractivity (Wildman–Crippen MR) is 114 cm³/mol. The van der Waals surface area contributed by atoms with E-state index in [1.54, 1.807) is 12.1 Å². The maximum atomic E-state index is 14.5. The lowest BCUT2D eigenvalue weighted by atomic mass is 9.75. The molecule has 3 rings (SSSR count). The highest BCUT2D eigenvalue weighted by atomic mass is 19.1. The number of halogens is 1. The molecule has 2 aromatic rings. The quantitative estimate of drug-likeness (QED) is 0.616. The summed E-state index contributed by atoms with van der Waals surface area (Å²) in [6.07, 6.45) is 0.238. The second kappa shape index (κ2) is 9.00. The van der Waals surface area contributed by atoms with Crippen LogP contribution in [0.4, 0.5) is 4.39 Å². The van der Waals surface area contributed by atoms with Crippen LogP contribution in [-0.4, -0.2) is 23.8 Å². The standard InChI is InChI=1S/C25H29FO4/c1-14(2)20-12-21(18-10-9-15(3)16(4)11-18)17(5)30-24(20)19-7-6-8-22(26)25(19)29-13-23(27)28/h6-11,17,20-21,24H,1,12-13H2,2-5H3,(H,27,28)/t17-,20-,21-,24+/m0/s1. The molecular formula is C25H29FO4. The van der Waals surface area contributed by atoms with Gasteiger partial charge in [0.25, 0.3) is 0 Å². The van der Waals surface area contributed by atoms with Gasteiger partial charge in [-0.1, -0.05) is 42.5 Å². The summed E-state index contributed by atoms with van der Waals surface area (Å²) in [5, 5.41) is 8.96. The van der Waals surface area contributed by atoms with Crippen LogP contribution in [-0.2, 0) is 9.53 Å². The van der Waals surface area contributed by atoms with Crippen LogP contribution in [0.2, 0.25) is 0 Å². The lowest BCUT2D eigenvalue weighted by Crippen LogP contribution is -2.34. The normalized spacial score (nSPS) is 23.8. The Morgan fingerprint density at radius 2 is 2.00 bits per heavy atom. The number of aryl methyl sites for hydroxylation is 2. The van der Waals surface area contributed by atoms with Crippen LogP contribution >= 0.6 is 0 Å². The van der Waals surface area contributed by atoms with Gasteiger partial charge in [-0.2, -0.15) is 0 Å². The van der Waals surface area contributed by atoms with Gasteiger partial charge in [-0.25, -0.2) is 9.18 Å². The van der Waals surface area contributed by atoms with Crippen molar-refractivity contribution < 1.29 is 23.8 Å². The first kappa shape index (κ1) is 22.0. The van der Waals surface area contributed by atoms with Crippen LogP contribution in [0.3, 0.4) is 0 Å². The zero-order valence-corrected chi connectivity index (χ0v) is 17.9. The van der Waals surface area contributed by atoms with Gasteiger partial charge in [0.1, 0.15) is 0 Å². The van der Waals surface area contributed by atoms with E-state index < -0.39 is 24.5 Å². The summed E-state index contributed by atoms with van der Waals surface area (Å²) in [6.45, 7) is 11.7. The molecule has 1 saturated heterocycles. The molecule has 0 amide bonds. The fourth-order valence-electron chi connectivity index (χ4n) is 4.20. The Balaban J connectivity index is 1.96. The van der Waals surface area contributed by atoms with E-state index in [9.17, 15) is 9.18 Å². The van der Waals surface area contributed by atoms with E-state index in [2.05, 4.69) is 38.6 Å². The largest absolute Gasteiger partial charge is 0.479 e. The third kappa shape index (κ3) is 4.57. The van der Waals surface area contributed by atoms with Gasteiger partial charge in [0.2, 0.25) is 0 Å². The lowest BCUT2D eigenvalue weighted by Gasteiger charge is -2.42. The molecule has 2 aromatic carbocycles. The fraction of sp³-hybridized carbons (Fsp3) is 0.400. The van der Waals surface area contributed by atoms with Crippen LogP contribution in [0.1, 0.15) is 54.5 Å². The first-order valence-corrected chi connectivity index (χ1v) is 10.2. The van der Waals surface area contributed by atoms with Crippen LogP contribution in [0.5, 0.6) is 5.75 Å². The molecule has 0 unspecified atom stereocenters. The monoisotopic (exact) mass is 412 g/mol. The molecule has 1 aliphatic heterocycles. The molecule has 4 nitrogen and oxygen atoms in total. The van der Waals surface area contributed by atoms with Gasteiger partial charge in [0.15, 0.2) is 18.2 Å². The Morgan fingerprint density at radius 1 is 1.27 bits per heavy atom. The number of benzene rings is 2. The molecule has 5 heteroatoms. The maximum Gasteiger partial charge on any atom is 0.341 e. The van der Waals surface area contributed by atoms with Crippen molar-refractivity contribution in [3.63, 3.8) is 0 Å². The Bertz CT molecular complexity index is 952. The highest BCUT2D eigenvalue weighted by molar-refractivity contribution is 5.68. The molecule has 1 heterocycles. The number of hydrogen-bond acceptors (Lipinski definition) is 3. The zero-order chi connectivity index (χ0) is 22.0. The van der Waals surface area contributed by atoms with E-state index in [1.165, 1.54) is 22.8 Å². The maximum absolute atomic E-state index is 14.5. The minimum absolute atomic E-state index is 0.0539. The van der Waals surface area contributed by atoms with E-state index in [-0.39, 0.29) is 23.7 Å². The number of para-hydroxylation sites is 1. The van der Waals surface area contributed by atoms with Crippen molar-refractivity contribution in [3.8, 4) is 5.75 Å². The van der Waals surface area contributed by atoms with Crippen LogP contribution in [0.25, 0.3) is 0 Å². The number of aliphatic carboxylic acids is 1. The molecule has 0 radical (unpaired) electrons. The van der Waals surface area contributed by atoms with Gasteiger partial charge in [0.05, 0.1) is 12.2 Å². The molecule has 4 atom stereocenters. The fourth-order valence-corrected chi connectivity index (χ4v) is 4.20. The van der Waals surface area contributed by atoms with Crippen molar-refractivity contribution in [2.75, 3.05) is 6.61 Å². The van der Waals surface area contributed by atoms with Crippen molar-refractivity contribution in [1.82, 2.24) is 0 Å². The molecule has 0 aromatic heterocycles. The minimum atomic E-state index is -1.16. The summed E-state index contributed by atoms with van der Waals surface area (Å²) < 4.78 is 26.2. The highest BCUT2D eigenvalue weighted by Crippen LogP contribution is 2.48. The molecule has 1 fully saturated rings. The van der Waals surface area contributed by atoms with Gasteiger partial charge in [-0.15, -0.1) is 0 Å². The van der Waals surface area contributed by atoms with E-state index in [0.717, 1.165) is 12.0 Å². The Kier molecular flexibility index (Phi) is 6.61. The summed E-state index contributed by atoms with van der Waals surface area (Å²) in [7, 11) is 0. The first-order chi connectivity index (χ1) is 14.2. The summed E-state index contributed by atoms with van der Waals surface area (Å²) in [5.74, 6) is -1.69. The Morgan fingerprint density at radius 3 is 2.63 bits per heavy atom. The summed E-state index contributed by atoms with van der Waals surface area (Å²) in [4.78, 5) is 11.0. The van der Waals surface area contributed by atoms with Gasteiger partial charge in [-0.3, -0.25) is 0 Å². The van der Waals surface area contributed by atoms with Crippen molar-refractivity contribution in [2.45, 2.75) is 52.2 Å². The summed E-state index contributed by atoms with van der Waals surface area (Å²) >= 11 is 0. The molecule has 160 valence electrons. The second-order valence-electron chi connectivity index (χ2n) is 8.24. The molecule has 1 N–H and O–H groups in total. The van der Waals surface area contributed by atoms with Crippen molar-refractivity contribution >= 4 is 5.97 Å². The van der Waals surface area contributed by atoms with E-state index >= 15 is 0 Å². The molecular weight excluding hydrogens is 383 g/mol. The van der Waals surface area contributed by atoms with Gasteiger partial charge in [0, 0.05) is 17.4 Å². The third-order valence-corrected chi connectivity index (χ3v) is 6.04. The van der Waals surface area contributed by atoms with E-state index in [4.69, 9.17) is 14.6 Å². The van der Waals surface area contributed by atoms with Gasteiger partial charge < -0.3 is 14.6 Å². The number of carbonyl (C=O) groups is 1. The molecule has 0 saturated carbocycles. The Labute approximate surface area is 177 Å². The average molecular weight is 413 g/mol. The van der Waals surface area contributed by atoms with Crippen molar-refractivity contribution in [2.24, 2.45) is 5.92 Å². The molecule has 0 spiro atoms. The molecule has 30 heavy (non-hydrogen) atoms. The van der Waals surface area contributed by atoms with Crippen LogP contribution < -0.4 is 4.74 Å². The number of hydrogen-bond donors (Lipinski definition) is 1. The SMILES string of the molecule is C=C(C)[C@@H]1C[C@H](c2ccc(C)c(C)c2)[C@H](C)O[C@@H]1c1cccc(F)c1OCC(=O)O. The smallest absolute Gasteiger partial charge is 0.341 e. The molecule has 0 aliphatic carbocycles. The number of carboxylic acid groups (broad SMARTS) is 1. The van der Waals surface area contributed by atoms with E-state index in [1.807, 2.05) is 13.8 Å². The van der Waals surface area contributed by atoms with Crippen molar-refractivity contribution in [1.29, 1.82) is 0 Å². The van der Waals surface area contributed by atoms with Crippen LogP contribution in [0.15, 0.2) is 48.6 Å². The lowest BCUT2D eigenvalue weighted by molar-refractivity contribution is -0.139. The van der Waals surface area contributed by atoms with Gasteiger partial charge in [-0.05, 0) is 56.9 Å². The minimum Gasteiger partial charge on any atom is -0.479 e. The van der Waals surface area contributed by atoms with Crippen LogP contribution in [0, 0.1) is 25.6 Å². The third-order valence-electron chi connectivity index (χ3n) is 6.04. The van der Waals surface area contributed by atoms with Crippen molar-refractivity contribution in [3.05, 3.63) is 76.6 Å². The molecule has 1 aliphatic rings. The summed E-state index contributed by atoms with van der Waals surface area (Å²) in [6, 6.07) is 11.1. The number of ether oxygens (including phenoxy) is 2.